The van der Waals surface area contributed by atoms with E-state index in [1.54, 1.807) is 19.0 Å². The number of nitrogens with zero attached hydrogens (tertiary/aromatic N) is 3. The molecule has 0 radical (unpaired) electrons. The number of hydrogen-bond donors (Lipinski definition) is 2. The molecule has 1 amide bonds. The summed E-state index contributed by atoms with van der Waals surface area (Å²) in [7, 11) is 3.48. The second kappa shape index (κ2) is 11.9. The first-order valence-electron chi connectivity index (χ1n) is 8.42. The van der Waals surface area contributed by atoms with Gasteiger partial charge in [0, 0.05) is 45.8 Å². The molecular weight excluding hydrogens is 421 g/mol. The highest BCUT2D eigenvalue weighted by atomic mass is 127. The molecule has 2 N–H and O–H groups in total. The third-order valence-electron chi connectivity index (χ3n) is 3.97. The van der Waals surface area contributed by atoms with E-state index in [-0.39, 0.29) is 42.0 Å². The molecule has 1 aliphatic heterocycles. The third-order valence-corrected chi connectivity index (χ3v) is 3.97. The fraction of sp³-hybridized carbons (Fsp3) is 0.875. The lowest BCUT2D eigenvalue weighted by atomic mass is 10.0. The number of aliphatic imine (C=N–C) groups is 1. The Balaban J connectivity index is 0.00000529. The number of halogens is 1. The Bertz CT molecular complexity index is 396. The van der Waals surface area contributed by atoms with E-state index in [2.05, 4.69) is 41.3 Å². The van der Waals surface area contributed by atoms with Crippen LogP contribution in [-0.4, -0.2) is 87.2 Å². The summed E-state index contributed by atoms with van der Waals surface area (Å²) < 4.78 is 5.42. The minimum atomic E-state index is -0.00459. The second-order valence-corrected chi connectivity index (χ2v) is 6.65. The summed E-state index contributed by atoms with van der Waals surface area (Å²) in [6.45, 7) is 11.8. The van der Waals surface area contributed by atoms with Crippen molar-refractivity contribution >= 4 is 35.8 Å². The molecule has 0 aliphatic carbocycles. The van der Waals surface area contributed by atoms with E-state index in [0.29, 0.717) is 5.96 Å². The van der Waals surface area contributed by atoms with Gasteiger partial charge in [0.05, 0.1) is 13.2 Å². The Kier molecular flexibility index (Phi) is 11.6. The number of hydrogen-bond acceptors (Lipinski definition) is 4. The van der Waals surface area contributed by atoms with Crippen molar-refractivity contribution in [2.24, 2.45) is 4.99 Å². The lowest BCUT2D eigenvalue weighted by Crippen LogP contribution is -2.56. The van der Waals surface area contributed by atoms with Crippen LogP contribution in [0.3, 0.4) is 0 Å². The minimum absolute atomic E-state index is 0. The van der Waals surface area contributed by atoms with Gasteiger partial charge in [0.25, 0.3) is 0 Å². The molecular formula is C16H34IN5O2. The van der Waals surface area contributed by atoms with Gasteiger partial charge in [-0.25, -0.2) is 4.99 Å². The fourth-order valence-electron chi connectivity index (χ4n) is 2.29. The lowest BCUT2D eigenvalue weighted by Gasteiger charge is -2.41. The molecule has 0 atom stereocenters. The average Bonchev–Trinajstić information content (AvgIpc) is 2.54. The molecule has 1 heterocycles. The van der Waals surface area contributed by atoms with Crippen molar-refractivity contribution in [3.8, 4) is 0 Å². The predicted octanol–water partition coefficient (Wildman–Crippen LogP) is 0.749. The van der Waals surface area contributed by atoms with Crippen LogP contribution in [0.4, 0.5) is 0 Å². The minimum Gasteiger partial charge on any atom is -0.379 e. The molecule has 0 bridgehead atoms. The van der Waals surface area contributed by atoms with Gasteiger partial charge in [-0.15, -0.1) is 24.0 Å². The number of ether oxygens (including phenoxy) is 1. The zero-order chi connectivity index (χ0) is 17.3. The first-order valence-corrected chi connectivity index (χ1v) is 8.42. The molecule has 24 heavy (non-hydrogen) atoms. The SMILES string of the molecule is CCCNC(=NCC(=O)N(C)C)NCC(C)(C)N1CCOCC1.I. The van der Waals surface area contributed by atoms with Crippen LogP contribution in [0.1, 0.15) is 27.2 Å². The number of morpholine rings is 1. The topological polar surface area (TPSA) is 69.2 Å². The summed E-state index contributed by atoms with van der Waals surface area (Å²) in [4.78, 5) is 20.1. The normalized spacial score (nSPS) is 16.3. The Hall–Kier alpha value is -0.610. The van der Waals surface area contributed by atoms with Crippen LogP contribution in [0, 0.1) is 0 Å². The van der Waals surface area contributed by atoms with Crippen LogP contribution in [0.25, 0.3) is 0 Å². The van der Waals surface area contributed by atoms with Crippen molar-refractivity contribution in [1.82, 2.24) is 20.4 Å². The molecule has 7 nitrogen and oxygen atoms in total. The molecule has 1 fully saturated rings. The number of carbonyl (C=O) groups excluding carboxylic acids is 1. The Morgan fingerprint density at radius 1 is 1.25 bits per heavy atom. The molecule has 1 saturated heterocycles. The molecule has 0 aromatic carbocycles. The third kappa shape index (κ3) is 8.48. The van der Waals surface area contributed by atoms with E-state index in [9.17, 15) is 4.79 Å². The fourth-order valence-corrected chi connectivity index (χ4v) is 2.29. The standard InChI is InChI=1S/C16H33N5O2.HI/c1-6-7-17-15(18-12-14(22)20(4)5)19-13-16(2,3)21-8-10-23-11-9-21;/h6-13H2,1-5H3,(H2,17,18,19);1H. The van der Waals surface area contributed by atoms with Gasteiger partial charge in [0.2, 0.25) is 5.91 Å². The first-order chi connectivity index (χ1) is 10.9. The number of guanidine groups is 1. The maximum atomic E-state index is 11.7. The predicted molar refractivity (Wildman–Crippen MR) is 109 cm³/mol. The van der Waals surface area contributed by atoms with Crippen molar-refractivity contribution in [2.75, 3.05) is 60.0 Å². The maximum absolute atomic E-state index is 11.7. The van der Waals surface area contributed by atoms with Gasteiger partial charge in [-0.3, -0.25) is 9.69 Å². The van der Waals surface area contributed by atoms with Gasteiger partial charge in [0.15, 0.2) is 5.96 Å². The van der Waals surface area contributed by atoms with E-state index in [0.717, 1.165) is 45.8 Å². The summed E-state index contributed by atoms with van der Waals surface area (Å²) >= 11 is 0. The van der Waals surface area contributed by atoms with Crippen LogP contribution in [0.2, 0.25) is 0 Å². The number of amides is 1. The molecule has 1 rings (SSSR count). The molecule has 142 valence electrons. The Labute approximate surface area is 163 Å². The van der Waals surface area contributed by atoms with Crippen LogP contribution >= 0.6 is 24.0 Å². The summed E-state index contributed by atoms with van der Waals surface area (Å²) in [6, 6.07) is 0. The number of carbonyl (C=O) groups is 1. The van der Waals surface area contributed by atoms with Gasteiger partial charge in [-0.2, -0.15) is 0 Å². The zero-order valence-electron chi connectivity index (χ0n) is 15.7. The van der Waals surface area contributed by atoms with E-state index < -0.39 is 0 Å². The van der Waals surface area contributed by atoms with Gasteiger partial charge in [0.1, 0.15) is 6.54 Å². The first kappa shape index (κ1) is 23.4. The number of nitrogens with one attached hydrogen (secondary N) is 2. The molecule has 0 aromatic rings. The van der Waals surface area contributed by atoms with Crippen LogP contribution in [0.15, 0.2) is 4.99 Å². The monoisotopic (exact) mass is 455 g/mol. The molecule has 8 heteroatoms. The van der Waals surface area contributed by atoms with Crippen molar-refractivity contribution in [3.05, 3.63) is 0 Å². The van der Waals surface area contributed by atoms with Gasteiger partial charge < -0.3 is 20.3 Å². The van der Waals surface area contributed by atoms with E-state index in [1.165, 1.54) is 0 Å². The van der Waals surface area contributed by atoms with Gasteiger partial charge in [-0.05, 0) is 20.3 Å². The lowest BCUT2D eigenvalue weighted by molar-refractivity contribution is -0.127. The molecule has 1 aliphatic rings. The van der Waals surface area contributed by atoms with Gasteiger partial charge >= 0.3 is 0 Å². The van der Waals surface area contributed by atoms with Crippen LogP contribution < -0.4 is 10.6 Å². The van der Waals surface area contributed by atoms with Crippen molar-refractivity contribution in [3.63, 3.8) is 0 Å². The van der Waals surface area contributed by atoms with E-state index in [1.807, 2.05) is 0 Å². The van der Waals surface area contributed by atoms with Crippen molar-refractivity contribution in [2.45, 2.75) is 32.7 Å². The van der Waals surface area contributed by atoms with Crippen LogP contribution in [0.5, 0.6) is 0 Å². The van der Waals surface area contributed by atoms with E-state index in [4.69, 9.17) is 4.74 Å². The van der Waals surface area contributed by atoms with Crippen molar-refractivity contribution in [1.29, 1.82) is 0 Å². The number of likely N-dealkylation sites (N-methyl/N-ethyl adjacent to an activating group) is 1. The largest absolute Gasteiger partial charge is 0.379 e. The van der Waals surface area contributed by atoms with E-state index >= 15 is 0 Å². The summed E-state index contributed by atoms with van der Waals surface area (Å²) in [6.07, 6.45) is 1.01. The summed E-state index contributed by atoms with van der Waals surface area (Å²) in [5.74, 6) is 0.693. The molecule has 0 saturated carbocycles. The Morgan fingerprint density at radius 3 is 2.42 bits per heavy atom. The quantitative estimate of drug-likeness (QED) is 0.337. The smallest absolute Gasteiger partial charge is 0.243 e. The highest BCUT2D eigenvalue weighted by Crippen LogP contribution is 2.14. The van der Waals surface area contributed by atoms with Gasteiger partial charge in [-0.1, -0.05) is 6.92 Å². The summed E-state index contributed by atoms with van der Waals surface area (Å²) in [5, 5.41) is 6.64. The average molecular weight is 455 g/mol. The zero-order valence-corrected chi connectivity index (χ0v) is 18.1. The highest BCUT2D eigenvalue weighted by Gasteiger charge is 2.28. The molecule has 0 unspecified atom stereocenters. The molecule has 0 aromatic heterocycles. The Morgan fingerprint density at radius 2 is 1.88 bits per heavy atom. The number of rotatable bonds is 7. The highest BCUT2D eigenvalue weighted by molar-refractivity contribution is 14.0. The maximum Gasteiger partial charge on any atom is 0.243 e. The van der Waals surface area contributed by atoms with Crippen molar-refractivity contribution < 1.29 is 9.53 Å². The second-order valence-electron chi connectivity index (χ2n) is 6.65. The summed E-state index contributed by atoms with van der Waals surface area (Å²) in [5.41, 5.74) is 0.00397. The van der Waals surface area contributed by atoms with Crippen LogP contribution in [-0.2, 0) is 9.53 Å². The molecule has 0 spiro atoms.